The third-order valence-electron chi connectivity index (χ3n) is 4.91. The predicted molar refractivity (Wildman–Crippen MR) is 103 cm³/mol. The maximum absolute atomic E-state index is 12.7. The summed E-state index contributed by atoms with van der Waals surface area (Å²) >= 11 is 0. The van der Waals surface area contributed by atoms with E-state index in [1.54, 1.807) is 36.4 Å². The van der Waals surface area contributed by atoms with E-state index in [2.05, 4.69) is 12.2 Å². The van der Waals surface area contributed by atoms with Gasteiger partial charge in [0.15, 0.2) is 0 Å². The molecular weight excluding hydrogens is 326 g/mol. The first kappa shape index (κ1) is 18.1. The molecule has 1 saturated heterocycles. The first-order valence-corrected chi connectivity index (χ1v) is 9.10. The number of nitrogens with zero attached hydrogens (tertiary/aromatic N) is 1. The molecule has 0 radical (unpaired) electrons. The minimum Gasteiger partial charge on any atom is -0.336 e. The Kier molecular flexibility index (Phi) is 5.68. The van der Waals surface area contributed by atoms with Crippen LogP contribution in [0.5, 0.6) is 0 Å². The van der Waals surface area contributed by atoms with Crippen LogP contribution in [0.1, 0.15) is 52.5 Å². The van der Waals surface area contributed by atoms with Crippen LogP contribution in [0.3, 0.4) is 0 Å². The highest BCUT2D eigenvalue weighted by Gasteiger charge is 2.24. The van der Waals surface area contributed by atoms with Gasteiger partial charge in [0.05, 0.1) is 0 Å². The van der Waals surface area contributed by atoms with E-state index in [1.165, 1.54) is 6.42 Å². The van der Waals surface area contributed by atoms with Crippen molar-refractivity contribution in [3.8, 4) is 0 Å². The molecule has 1 atom stereocenters. The normalized spacial score (nSPS) is 17.0. The Balaban J connectivity index is 1.65. The van der Waals surface area contributed by atoms with Crippen LogP contribution in [0.4, 0.5) is 5.69 Å². The summed E-state index contributed by atoms with van der Waals surface area (Å²) in [6, 6.07) is 14.6. The largest absolute Gasteiger partial charge is 0.336 e. The summed E-state index contributed by atoms with van der Waals surface area (Å²) in [7, 11) is 0. The number of likely N-dealkylation sites (tertiary alicyclic amines) is 1. The predicted octanol–water partition coefficient (Wildman–Crippen LogP) is 3.41. The number of rotatable bonds is 4. The summed E-state index contributed by atoms with van der Waals surface area (Å²) in [6.45, 7) is 3.37. The second kappa shape index (κ2) is 8.15. The highest BCUT2D eigenvalue weighted by Crippen LogP contribution is 2.20. The van der Waals surface area contributed by atoms with Gasteiger partial charge in [-0.1, -0.05) is 12.1 Å². The van der Waals surface area contributed by atoms with Crippen molar-refractivity contribution < 1.29 is 9.59 Å². The Morgan fingerprint density at radius 2 is 1.69 bits per heavy atom. The van der Waals surface area contributed by atoms with Crippen LogP contribution in [0.25, 0.3) is 0 Å². The Bertz CT molecular complexity index is 769. The average molecular weight is 351 g/mol. The Hall–Kier alpha value is -2.66. The second-order valence-electron chi connectivity index (χ2n) is 6.78. The van der Waals surface area contributed by atoms with E-state index in [0.29, 0.717) is 23.4 Å². The molecule has 1 fully saturated rings. The van der Waals surface area contributed by atoms with Crippen LogP contribution in [0.15, 0.2) is 48.5 Å². The van der Waals surface area contributed by atoms with E-state index in [9.17, 15) is 9.59 Å². The van der Waals surface area contributed by atoms with E-state index in [4.69, 9.17) is 5.73 Å². The minimum absolute atomic E-state index is 0.0625. The van der Waals surface area contributed by atoms with Gasteiger partial charge in [-0.15, -0.1) is 0 Å². The van der Waals surface area contributed by atoms with Crippen molar-refractivity contribution in [2.24, 2.45) is 5.73 Å². The lowest BCUT2D eigenvalue weighted by Gasteiger charge is -2.33. The minimum atomic E-state index is -0.183. The van der Waals surface area contributed by atoms with Gasteiger partial charge in [0.2, 0.25) is 0 Å². The molecule has 2 aromatic rings. The summed E-state index contributed by atoms with van der Waals surface area (Å²) in [5.41, 5.74) is 8.45. The Labute approximate surface area is 154 Å². The van der Waals surface area contributed by atoms with Gasteiger partial charge in [-0.2, -0.15) is 0 Å². The maximum atomic E-state index is 12.7. The van der Waals surface area contributed by atoms with Crippen LogP contribution in [-0.4, -0.2) is 29.3 Å². The first-order chi connectivity index (χ1) is 12.6. The van der Waals surface area contributed by atoms with Crippen LogP contribution < -0.4 is 11.1 Å². The number of carbonyl (C=O) groups excluding carboxylic acids is 2. The molecular formula is C21H25N3O2. The topological polar surface area (TPSA) is 75.4 Å². The van der Waals surface area contributed by atoms with Gasteiger partial charge in [-0.05, 0) is 68.1 Å². The molecule has 3 N–H and O–H groups in total. The SMILES string of the molecule is CC1CCCCN1C(=O)c1ccc(NC(=O)c2ccc(CN)cc2)cc1. The van der Waals surface area contributed by atoms with Crippen LogP contribution >= 0.6 is 0 Å². The molecule has 3 rings (SSSR count). The summed E-state index contributed by atoms with van der Waals surface area (Å²) in [4.78, 5) is 26.9. The van der Waals surface area contributed by atoms with Crippen molar-refractivity contribution in [2.75, 3.05) is 11.9 Å². The molecule has 5 nitrogen and oxygen atoms in total. The number of benzene rings is 2. The van der Waals surface area contributed by atoms with Crippen molar-refractivity contribution >= 4 is 17.5 Å². The molecule has 0 bridgehead atoms. The number of hydrogen-bond donors (Lipinski definition) is 2. The van der Waals surface area contributed by atoms with Gasteiger partial charge in [0.1, 0.15) is 0 Å². The molecule has 2 aromatic carbocycles. The zero-order valence-corrected chi connectivity index (χ0v) is 15.1. The molecule has 2 amide bonds. The Morgan fingerprint density at radius 1 is 1.04 bits per heavy atom. The highest BCUT2D eigenvalue weighted by molar-refractivity contribution is 6.04. The lowest BCUT2D eigenvalue weighted by molar-refractivity contribution is 0.0635. The van der Waals surface area contributed by atoms with Gasteiger partial charge >= 0.3 is 0 Å². The molecule has 0 aliphatic carbocycles. The third kappa shape index (κ3) is 4.11. The van der Waals surface area contributed by atoms with Gasteiger partial charge < -0.3 is 16.0 Å². The number of nitrogens with one attached hydrogen (secondary N) is 1. The van der Waals surface area contributed by atoms with E-state index in [0.717, 1.165) is 24.9 Å². The molecule has 0 aromatic heterocycles. The summed E-state index contributed by atoms with van der Waals surface area (Å²) in [5, 5.41) is 2.86. The van der Waals surface area contributed by atoms with Gasteiger partial charge in [-0.25, -0.2) is 0 Å². The monoisotopic (exact) mass is 351 g/mol. The average Bonchev–Trinajstić information content (AvgIpc) is 2.68. The number of anilines is 1. The quantitative estimate of drug-likeness (QED) is 0.886. The van der Waals surface area contributed by atoms with Crippen molar-refractivity contribution in [1.29, 1.82) is 0 Å². The van der Waals surface area contributed by atoms with Crippen molar-refractivity contribution in [1.82, 2.24) is 4.90 Å². The molecule has 26 heavy (non-hydrogen) atoms. The molecule has 1 aliphatic rings. The van der Waals surface area contributed by atoms with Gasteiger partial charge in [0.25, 0.3) is 11.8 Å². The van der Waals surface area contributed by atoms with Gasteiger partial charge in [-0.3, -0.25) is 9.59 Å². The number of piperidine rings is 1. The summed E-state index contributed by atoms with van der Waals surface area (Å²) in [5.74, 6) is -0.121. The zero-order valence-electron chi connectivity index (χ0n) is 15.1. The lowest BCUT2D eigenvalue weighted by Crippen LogP contribution is -2.42. The molecule has 0 spiro atoms. The van der Waals surface area contributed by atoms with Crippen molar-refractivity contribution in [2.45, 2.75) is 38.8 Å². The lowest BCUT2D eigenvalue weighted by atomic mass is 10.0. The van der Waals surface area contributed by atoms with E-state index in [-0.39, 0.29) is 17.9 Å². The molecule has 5 heteroatoms. The summed E-state index contributed by atoms with van der Waals surface area (Å²) < 4.78 is 0. The number of nitrogens with two attached hydrogens (primary N) is 1. The van der Waals surface area contributed by atoms with Crippen molar-refractivity contribution in [3.05, 3.63) is 65.2 Å². The molecule has 0 saturated carbocycles. The smallest absolute Gasteiger partial charge is 0.255 e. The van der Waals surface area contributed by atoms with Crippen LogP contribution in [0, 0.1) is 0 Å². The van der Waals surface area contributed by atoms with Crippen molar-refractivity contribution in [3.63, 3.8) is 0 Å². The fraction of sp³-hybridized carbons (Fsp3) is 0.333. The zero-order chi connectivity index (χ0) is 18.5. The maximum Gasteiger partial charge on any atom is 0.255 e. The molecule has 1 unspecified atom stereocenters. The molecule has 1 aliphatic heterocycles. The number of hydrogen-bond acceptors (Lipinski definition) is 3. The fourth-order valence-electron chi connectivity index (χ4n) is 3.26. The van der Waals surface area contributed by atoms with E-state index in [1.807, 2.05) is 17.0 Å². The highest BCUT2D eigenvalue weighted by atomic mass is 16.2. The number of amides is 2. The first-order valence-electron chi connectivity index (χ1n) is 9.10. The van der Waals surface area contributed by atoms with Crippen LogP contribution in [0.2, 0.25) is 0 Å². The summed E-state index contributed by atoms with van der Waals surface area (Å²) in [6.07, 6.45) is 3.30. The standard InChI is InChI=1S/C21H25N3O2/c1-15-4-2-3-13-24(15)21(26)18-9-11-19(12-10-18)23-20(25)17-7-5-16(14-22)6-8-17/h5-12,15H,2-4,13-14,22H2,1H3,(H,23,25). The second-order valence-corrected chi connectivity index (χ2v) is 6.78. The number of carbonyl (C=O) groups is 2. The molecule has 1 heterocycles. The van der Waals surface area contributed by atoms with E-state index < -0.39 is 0 Å². The van der Waals surface area contributed by atoms with Gasteiger partial charge in [0, 0.05) is 35.9 Å². The fourth-order valence-corrected chi connectivity index (χ4v) is 3.26. The molecule has 136 valence electrons. The van der Waals surface area contributed by atoms with Crippen LogP contribution in [-0.2, 0) is 6.54 Å². The van der Waals surface area contributed by atoms with E-state index >= 15 is 0 Å². The third-order valence-corrected chi connectivity index (χ3v) is 4.91. The Morgan fingerprint density at radius 3 is 2.31 bits per heavy atom.